The standard InChI is InChI=1S/C24H36FN9O3S/c25-16-13-28-23-21(22(26)30-33(23)15-16)24(35)29-19-14-27-6-1-20(19)32-9-4-18(5-10-32)38(36,37)34-12-11-31-7-2-17(34)3-8-31/h13,15,17-20,27H,1-12,14H2,(H2,26,30)(H,29,35). The summed E-state index contributed by atoms with van der Waals surface area (Å²) in [4.78, 5) is 22.0. The number of nitrogens with two attached hydrogens (primary N) is 1. The van der Waals surface area contributed by atoms with E-state index in [1.54, 1.807) is 0 Å². The zero-order valence-corrected chi connectivity index (χ0v) is 22.2. The summed E-state index contributed by atoms with van der Waals surface area (Å²) < 4.78 is 43.8. The first-order valence-electron chi connectivity index (χ1n) is 13.6. The summed E-state index contributed by atoms with van der Waals surface area (Å²) >= 11 is 0. The molecule has 0 spiro atoms. The molecule has 2 unspecified atom stereocenters. The third-order valence-corrected chi connectivity index (χ3v) is 11.2. The van der Waals surface area contributed by atoms with E-state index in [0.717, 1.165) is 57.8 Å². The summed E-state index contributed by atoms with van der Waals surface area (Å²) in [5.74, 6) is -0.986. The van der Waals surface area contributed by atoms with E-state index in [2.05, 4.69) is 30.5 Å². The Labute approximate surface area is 221 Å². The van der Waals surface area contributed by atoms with E-state index in [0.29, 0.717) is 39.0 Å². The van der Waals surface area contributed by atoms with Crippen molar-refractivity contribution < 1.29 is 17.6 Å². The minimum absolute atomic E-state index is 0.00849. The average molecular weight is 550 g/mol. The van der Waals surface area contributed by atoms with Crippen LogP contribution >= 0.6 is 0 Å². The van der Waals surface area contributed by atoms with Crippen LogP contribution in [0, 0.1) is 5.82 Å². The molecule has 14 heteroatoms. The SMILES string of the molecule is Nc1nn2cc(F)cnc2c1C(=O)NC1CNCCC1N1CCC(S(=O)(=O)N2CCN3CCC2CC3)CC1. The van der Waals surface area contributed by atoms with E-state index >= 15 is 0 Å². The smallest absolute Gasteiger partial charge is 0.259 e. The predicted octanol–water partition coefficient (Wildman–Crippen LogP) is -0.515. The molecule has 2 bridgehead atoms. The van der Waals surface area contributed by atoms with Crippen molar-refractivity contribution in [3.05, 3.63) is 23.8 Å². The number of halogens is 1. The molecule has 7 rings (SSSR count). The van der Waals surface area contributed by atoms with Crippen molar-refractivity contribution in [2.24, 2.45) is 0 Å². The van der Waals surface area contributed by atoms with Gasteiger partial charge in [-0.2, -0.15) is 4.31 Å². The Balaban J connectivity index is 1.12. The molecule has 38 heavy (non-hydrogen) atoms. The van der Waals surface area contributed by atoms with E-state index in [-0.39, 0.29) is 40.4 Å². The number of nitrogen functional groups attached to an aromatic ring is 1. The zero-order chi connectivity index (χ0) is 26.4. The summed E-state index contributed by atoms with van der Waals surface area (Å²) in [5.41, 5.74) is 6.32. The normalized spacial score (nSPS) is 29.9. The fourth-order valence-corrected chi connectivity index (χ4v) is 8.85. The minimum atomic E-state index is -3.35. The van der Waals surface area contributed by atoms with E-state index in [9.17, 15) is 17.6 Å². The Morgan fingerprint density at radius 1 is 1.08 bits per heavy atom. The Morgan fingerprint density at radius 3 is 2.61 bits per heavy atom. The molecule has 0 radical (unpaired) electrons. The highest BCUT2D eigenvalue weighted by molar-refractivity contribution is 7.89. The third-order valence-electron chi connectivity index (χ3n) is 8.75. The Bertz CT molecular complexity index is 1290. The number of rotatable bonds is 5. The number of sulfonamides is 1. The van der Waals surface area contributed by atoms with Crippen LogP contribution in [0.5, 0.6) is 0 Å². The van der Waals surface area contributed by atoms with Gasteiger partial charge < -0.3 is 21.3 Å². The topological polar surface area (TPSA) is 141 Å². The lowest BCUT2D eigenvalue weighted by Crippen LogP contribution is -2.61. The number of aromatic nitrogens is 3. The number of carbonyl (C=O) groups excluding carboxylic acids is 1. The molecule has 2 aromatic heterocycles. The largest absolute Gasteiger partial charge is 0.381 e. The monoisotopic (exact) mass is 549 g/mol. The molecule has 5 fully saturated rings. The number of nitrogens with one attached hydrogen (secondary N) is 2. The maximum absolute atomic E-state index is 13.6. The Kier molecular flexibility index (Phi) is 7.01. The third kappa shape index (κ3) is 4.76. The minimum Gasteiger partial charge on any atom is -0.381 e. The number of likely N-dealkylation sites (tertiary alicyclic amines) is 1. The van der Waals surface area contributed by atoms with Crippen LogP contribution in [-0.2, 0) is 10.0 Å². The molecular formula is C24H36FN9O3S. The lowest BCUT2D eigenvalue weighted by Gasteiger charge is -2.44. The van der Waals surface area contributed by atoms with Crippen molar-refractivity contribution in [3.63, 3.8) is 0 Å². The summed E-state index contributed by atoms with van der Waals surface area (Å²) in [6.07, 6.45) is 6.04. The van der Waals surface area contributed by atoms with Crippen molar-refractivity contribution >= 4 is 27.4 Å². The molecule has 0 aliphatic carbocycles. The average Bonchev–Trinajstić information content (AvgIpc) is 3.05. The van der Waals surface area contributed by atoms with Crippen LogP contribution in [0.2, 0.25) is 0 Å². The van der Waals surface area contributed by atoms with Gasteiger partial charge in [0.05, 0.1) is 23.7 Å². The second kappa shape index (κ2) is 10.3. The lowest BCUT2D eigenvalue weighted by molar-refractivity contribution is 0.0810. The van der Waals surface area contributed by atoms with Gasteiger partial charge in [-0.25, -0.2) is 22.3 Å². The van der Waals surface area contributed by atoms with E-state index in [1.165, 1.54) is 4.52 Å². The predicted molar refractivity (Wildman–Crippen MR) is 140 cm³/mol. The van der Waals surface area contributed by atoms with Crippen LogP contribution in [-0.4, -0.2) is 119 Å². The van der Waals surface area contributed by atoms with Gasteiger partial charge in [-0.3, -0.25) is 9.69 Å². The summed E-state index contributed by atoms with van der Waals surface area (Å²) in [5, 5.41) is 10.1. The summed E-state index contributed by atoms with van der Waals surface area (Å²) in [6.45, 7) is 6.16. The molecule has 2 aromatic rings. The van der Waals surface area contributed by atoms with Crippen LogP contribution in [0.4, 0.5) is 10.2 Å². The van der Waals surface area contributed by atoms with Gasteiger partial charge in [0.2, 0.25) is 10.0 Å². The van der Waals surface area contributed by atoms with Gasteiger partial charge in [-0.15, -0.1) is 5.10 Å². The van der Waals surface area contributed by atoms with Gasteiger partial charge in [0.15, 0.2) is 17.3 Å². The summed E-state index contributed by atoms with van der Waals surface area (Å²) in [6, 6.07) is 0.00677. The number of hydrogen-bond acceptors (Lipinski definition) is 9. The highest BCUT2D eigenvalue weighted by atomic mass is 32.2. The molecule has 4 N–H and O–H groups in total. The Morgan fingerprint density at radius 2 is 1.84 bits per heavy atom. The number of anilines is 1. The van der Waals surface area contributed by atoms with Crippen molar-refractivity contribution in [2.45, 2.75) is 55.5 Å². The fraction of sp³-hybridized carbons (Fsp3) is 0.708. The molecule has 1 amide bonds. The number of amides is 1. The molecule has 5 saturated heterocycles. The maximum Gasteiger partial charge on any atom is 0.259 e. The first-order valence-corrected chi connectivity index (χ1v) is 15.1. The van der Waals surface area contributed by atoms with Crippen molar-refractivity contribution in [3.8, 4) is 0 Å². The number of fused-ring (bicyclic) bond motifs is 5. The highest BCUT2D eigenvalue weighted by Gasteiger charge is 2.42. The molecular weight excluding hydrogens is 513 g/mol. The molecule has 208 valence electrons. The zero-order valence-electron chi connectivity index (χ0n) is 21.4. The van der Waals surface area contributed by atoms with Crippen LogP contribution < -0.4 is 16.4 Å². The van der Waals surface area contributed by atoms with E-state index in [4.69, 9.17) is 5.73 Å². The second-order valence-electron chi connectivity index (χ2n) is 10.9. The second-order valence-corrected chi connectivity index (χ2v) is 13.1. The molecule has 12 nitrogen and oxygen atoms in total. The van der Waals surface area contributed by atoms with Gasteiger partial charge in [-0.05, 0) is 64.8 Å². The van der Waals surface area contributed by atoms with Crippen LogP contribution in [0.3, 0.4) is 0 Å². The first kappa shape index (κ1) is 25.9. The Hall–Kier alpha value is -2.39. The van der Waals surface area contributed by atoms with Crippen LogP contribution in [0.15, 0.2) is 12.4 Å². The first-order chi connectivity index (χ1) is 18.3. The van der Waals surface area contributed by atoms with Crippen LogP contribution in [0.1, 0.15) is 42.5 Å². The number of hydrogen-bond donors (Lipinski definition) is 3. The molecule has 0 aromatic carbocycles. The van der Waals surface area contributed by atoms with Crippen molar-refractivity contribution in [1.82, 2.24) is 39.3 Å². The maximum atomic E-state index is 13.6. The number of carbonyl (C=O) groups is 1. The van der Waals surface area contributed by atoms with E-state index < -0.39 is 21.7 Å². The summed E-state index contributed by atoms with van der Waals surface area (Å²) in [7, 11) is -3.35. The molecule has 7 heterocycles. The lowest BCUT2D eigenvalue weighted by atomic mass is 9.96. The van der Waals surface area contributed by atoms with Gasteiger partial charge >= 0.3 is 0 Å². The van der Waals surface area contributed by atoms with Crippen molar-refractivity contribution in [1.29, 1.82) is 0 Å². The highest BCUT2D eigenvalue weighted by Crippen LogP contribution is 2.30. The van der Waals surface area contributed by atoms with Crippen LogP contribution in [0.25, 0.3) is 5.65 Å². The molecule has 0 saturated carbocycles. The number of piperidine rings is 3. The molecule has 2 atom stereocenters. The molecule has 5 aliphatic rings. The fourth-order valence-electron chi connectivity index (χ4n) is 6.70. The van der Waals surface area contributed by atoms with Gasteiger partial charge in [0.25, 0.3) is 5.91 Å². The number of nitrogens with zero attached hydrogens (tertiary/aromatic N) is 6. The van der Waals surface area contributed by atoms with Gasteiger partial charge in [0, 0.05) is 31.7 Å². The van der Waals surface area contributed by atoms with Gasteiger partial charge in [-0.1, -0.05) is 0 Å². The van der Waals surface area contributed by atoms with Gasteiger partial charge in [0.1, 0.15) is 5.56 Å². The van der Waals surface area contributed by atoms with E-state index in [1.807, 2.05) is 4.31 Å². The quantitative estimate of drug-likeness (QED) is 0.449. The molecule has 5 aliphatic heterocycles. The van der Waals surface area contributed by atoms with Crippen molar-refractivity contribution in [2.75, 3.05) is 58.1 Å².